The molecule has 2 N–H and O–H groups in total. The summed E-state index contributed by atoms with van der Waals surface area (Å²) in [4.78, 5) is 9.25. The molecular weight excluding hydrogens is 131 g/mol. The predicted octanol–water partition coefficient (Wildman–Crippen LogP) is -0.559. The van der Waals surface area contributed by atoms with E-state index in [0.29, 0.717) is 0 Å². The van der Waals surface area contributed by atoms with E-state index in [2.05, 4.69) is 0 Å². The fourth-order valence-corrected chi connectivity index (χ4v) is 0. The standard InChI is InChI=1S/C3H6NO.Zn/c1-3(4)2-5;/h3H,4H2,1H3;/q-1;/t3-;/m0./s1. The van der Waals surface area contributed by atoms with Gasteiger partial charge in [0, 0.05) is 19.5 Å². The zero-order chi connectivity index (χ0) is 4.28. The van der Waals surface area contributed by atoms with Gasteiger partial charge in [-0.05, 0) is 0 Å². The fourth-order valence-electron chi connectivity index (χ4n) is 0. The molecule has 32 valence electrons. The first-order chi connectivity index (χ1) is 2.27. The summed E-state index contributed by atoms with van der Waals surface area (Å²) in [5, 5.41) is 0. The SMILES string of the molecule is C[C@H](N)[C-]=O.[Zn]. The summed E-state index contributed by atoms with van der Waals surface area (Å²) in [6, 6.07) is -0.421. The Kier molecular flexibility index (Phi) is 8.35. The molecule has 0 aliphatic rings. The van der Waals surface area contributed by atoms with Crippen LogP contribution < -0.4 is 5.73 Å². The van der Waals surface area contributed by atoms with E-state index >= 15 is 0 Å². The van der Waals surface area contributed by atoms with E-state index in [1.54, 1.807) is 13.2 Å². The first-order valence-corrected chi connectivity index (χ1v) is 1.40. The quantitative estimate of drug-likeness (QED) is 0.389. The van der Waals surface area contributed by atoms with Crippen molar-refractivity contribution in [1.82, 2.24) is 0 Å². The fraction of sp³-hybridized carbons (Fsp3) is 0.667. The maximum absolute atomic E-state index is 9.25. The summed E-state index contributed by atoms with van der Waals surface area (Å²) in [5.74, 6) is 0. The Morgan fingerprint density at radius 3 is 2.00 bits per heavy atom. The van der Waals surface area contributed by atoms with Crippen LogP contribution in [0.5, 0.6) is 0 Å². The van der Waals surface area contributed by atoms with Crippen molar-refractivity contribution in [3.63, 3.8) is 0 Å². The van der Waals surface area contributed by atoms with Crippen molar-refractivity contribution < 1.29 is 24.3 Å². The summed E-state index contributed by atoms with van der Waals surface area (Å²) in [6.45, 7) is 1.58. The van der Waals surface area contributed by atoms with E-state index in [-0.39, 0.29) is 19.5 Å². The van der Waals surface area contributed by atoms with Gasteiger partial charge in [0.2, 0.25) is 0 Å². The van der Waals surface area contributed by atoms with E-state index in [0.717, 1.165) is 0 Å². The second-order valence-corrected chi connectivity index (χ2v) is 0.907. The molecule has 0 saturated carbocycles. The van der Waals surface area contributed by atoms with Crippen LogP contribution in [0.3, 0.4) is 0 Å². The summed E-state index contributed by atoms with van der Waals surface area (Å²) in [6.07, 6.45) is 1.56. The van der Waals surface area contributed by atoms with Crippen molar-refractivity contribution >= 4 is 6.29 Å². The summed E-state index contributed by atoms with van der Waals surface area (Å²) < 4.78 is 0. The Morgan fingerprint density at radius 2 is 2.00 bits per heavy atom. The molecule has 0 rings (SSSR count). The van der Waals surface area contributed by atoms with Gasteiger partial charge >= 0.3 is 0 Å². The van der Waals surface area contributed by atoms with E-state index < -0.39 is 6.04 Å². The topological polar surface area (TPSA) is 43.1 Å². The zero-order valence-electron chi connectivity index (χ0n) is 3.77. The number of hydrogen-bond acceptors (Lipinski definition) is 2. The first-order valence-electron chi connectivity index (χ1n) is 1.40. The Bertz CT molecular complexity index is 37.8. The Hall–Kier alpha value is 0.253. The number of hydrogen-bond donors (Lipinski definition) is 1. The molecule has 0 bridgehead atoms. The van der Waals surface area contributed by atoms with Crippen molar-refractivity contribution in [3.05, 3.63) is 0 Å². The minimum absolute atomic E-state index is 0. The van der Waals surface area contributed by atoms with Gasteiger partial charge in [-0.15, -0.1) is 0 Å². The molecule has 2 nitrogen and oxygen atoms in total. The molecule has 6 heavy (non-hydrogen) atoms. The maximum atomic E-state index is 9.25. The van der Waals surface area contributed by atoms with Crippen LogP contribution in [-0.2, 0) is 24.3 Å². The van der Waals surface area contributed by atoms with Crippen molar-refractivity contribution in [2.24, 2.45) is 5.73 Å². The largest absolute Gasteiger partial charge is 0.540 e. The van der Waals surface area contributed by atoms with Gasteiger partial charge in [-0.3, -0.25) is 0 Å². The second-order valence-electron chi connectivity index (χ2n) is 0.907. The number of nitrogens with two attached hydrogens (primary N) is 1. The van der Waals surface area contributed by atoms with Crippen LogP contribution in [0, 0.1) is 0 Å². The van der Waals surface area contributed by atoms with E-state index in [1.807, 2.05) is 0 Å². The first kappa shape index (κ1) is 9.54. The number of rotatable bonds is 1. The molecule has 0 aliphatic carbocycles. The third-order valence-corrected chi connectivity index (χ3v) is 0.186. The second kappa shape index (κ2) is 5.25. The molecule has 0 unspecified atom stereocenters. The van der Waals surface area contributed by atoms with Gasteiger partial charge in [-0.25, -0.2) is 6.29 Å². The number of carbonyl (C=O) groups excluding carboxylic acids is 1. The van der Waals surface area contributed by atoms with Crippen LogP contribution >= 0.6 is 0 Å². The van der Waals surface area contributed by atoms with Gasteiger partial charge in [0.25, 0.3) is 0 Å². The Balaban J connectivity index is 0. The molecule has 3 heteroatoms. The Labute approximate surface area is 49.9 Å². The van der Waals surface area contributed by atoms with Crippen molar-refractivity contribution in [2.75, 3.05) is 0 Å². The van der Waals surface area contributed by atoms with Crippen LogP contribution in [0.2, 0.25) is 0 Å². The van der Waals surface area contributed by atoms with Crippen molar-refractivity contribution in [1.29, 1.82) is 0 Å². The minimum Gasteiger partial charge on any atom is -0.540 e. The molecule has 0 aromatic heterocycles. The molecular formula is C3H6NOZn-. The summed E-state index contributed by atoms with van der Waals surface area (Å²) >= 11 is 0. The van der Waals surface area contributed by atoms with Gasteiger partial charge < -0.3 is 10.5 Å². The summed E-state index contributed by atoms with van der Waals surface area (Å²) in [5.41, 5.74) is 4.87. The zero-order valence-corrected chi connectivity index (χ0v) is 6.74. The maximum Gasteiger partial charge on any atom is 0 e. The van der Waals surface area contributed by atoms with E-state index in [4.69, 9.17) is 5.73 Å². The van der Waals surface area contributed by atoms with E-state index in [1.165, 1.54) is 0 Å². The van der Waals surface area contributed by atoms with Crippen LogP contribution in [0.4, 0.5) is 0 Å². The molecule has 0 spiro atoms. The third kappa shape index (κ3) is 8.87. The smallest absolute Gasteiger partial charge is 0 e. The van der Waals surface area contributed by atoms with Gasteiger partial charge in [-0.2, -0.15) is 0 Å². The van der Waals surface area contributed by atoms with Crippen LogP contribution in [0.1, 0.15) is 6.92 Å². The van der Waals surface area contributed by atoms with E-state index in [9.17, 15) is 4.79 Å². The minimum atomic E-state index is -0.421. The molecule has 0 amide bonds. The Morgan fingerprint density at radius 1 is 1.83 bits per heavy atom. The van der Waals surface area contributed by atoms with Crippen LogP contribution in [0.25, 0.3) is 0 Å². The normalized spacial score (nSPS) is 11.7. The molecule has 0 aromatic rings. The molecule has 0 heterocycles. The third-order valence-electron chi connectivity index (χ3n) is 0.186. The monoisotopic (exact) mass is 136 g/mol. The summed E-state index contributed by atoms with van der Waals surface area (Å²) in [7, 11) is 0. The average Bonchev–Trinajstić information content (AvgIpc) is 1.38. The van der Waals surface area contributed by atoms with Gasteiger partial charge in [-0.1, -0.05) is 13.0 Å². The van der Waals surface area contributed by atoms with Crippen LogP contribution in [0.15, 0.2) is 0 Å². The molecule has 0 aromatic carbocycles. The van der Waals surface area contributed by atoms with Crippen molar-refractivity contribution in [2.45, 2.75) is 13.0 Å². The predicted molar refractivity (Wildman–Crippen MR) is 19.3 cm³/mol. The molecule has 0 radical (unpaired) electrons. The van der Waals surface area contributed by atoms with Gasteiger partial charge in [0.05, 0.1) is 0 Å². The molecule has 0 fully saturated rings. The van der Waals surface area contributed by atoms with Gasteiger partial charge in [0.15, 0.2) is 0 Å². The molecule has 1 atom stereocenters. The molecule has 0 aliphatic heterocycles. The average molecular weight is 137 g/mol. The van der Waals surface area contributed by atoms with Crippen LogP contribution in [-0.4, -0.2) is 12.3 Å². The van der Waals surface area contributed by atoms with Gasteiger partial charge in [0.1, 0.15) is 0 Å². The van der Waals surface area contributed by atoms with Crippen molar-refractivity contribution in [3.8, 4) is 0 Å². The molecule has 0 saturated heterocycles.